The van der Waals surface area contributed by atoms with Crippen LogP contribution in [0.2, 0.25) is 0 Å². The quantitative estimate of drug-likeness (QED) is 0.896. The fraction of sp³-hybridized carbons (Fsp3) is 0.300. The first kappa shape index (κ1) is 16.4. The predicted octanol–water partition coefficient (Wildman–Crippen LogP) is 2.22. The van der Waals surface area contributed by atoms with Crippen LogP contribution < -0.4 is 14.8 Å². The Morgan fingerprint density at radius 2 is 1.88 bits per heavy atom. The molecule has 0 aromatic heterocycles. The van der Waals surface area contributed by atoms with E-state index in [-0.39, 0.29) is 18.6 Å². The monoisotopic (exact) mass is 352 g/mol. The molecule has 1 unspecified atom stereocenters. The van der Waals surface area contributed by atoms with Crippen molar-refractivity contribution in [2.75, 3.05) is 6.79 Å². The number of hydrogen-bond donors (Lipinski definition) is 1. The van der Waals surface area contributed by atoms with Crippen LogP contribution >= 0.6 is 0 Å². The van der Waals surface area contributed by atoms with Crippen molar-refractivity contribution in [3.05, 3.63) is 59.7 Å². The molecule has 2 amide bonds. The Kier molecular flexibility index (Phi) is 4.48. The van der Waals surface area contributed by atoms with Crippen molar-refractivity contribution in [1.82, 2.24) is 10.2 Å². The first-order valence-electron chi connectivity index (χ1n) is 8.70. The molecule has 2 heterocycles. The highest BCUT2D eigenvalue weighted by Crippen LogP contribution is 2.32. The predicted molar refractivity (Wildman–Crippen MR) is 94.4 cm³/mol. The van der Waals surface area contributed by atoms with Crippen molar-refractivity contribution in [3.63, 3.8) is 0 Å². The average Bonchev–Trinajstić information content (AvgIpc) is 3.27. The van der Waals surface area contributed by atoms with Crippen LogP contribution in [0.1, 0.15) is 24.0 Å². The summed E-state index contributed by atoms with van der Waals surface area (Å²) < 4.78 is 10.6. The van der Waals surface area contributed by atoms with Gasteiger partial charge < -0.3 is 19.7 Å². The van der Waals surface area contributed by atoms with Gasteiger partial charge in [-0.15, -0.1) is 0 Å². The van der Waals surface area contributed by atoms with Crippen molar-refractivity contribution >= 4 is 11.8 Å². The number of amides is 2. The number of carbonyl (C=O) groups excluding carboxylic acids is 2. The molecule has 134 valence electrons. The van der Waals surface area contributed by atoms with E-state index >= 15 is 0 Å². The minimum atomic E-state index is -0.420. The Balaban J connectivity index is 1.39. The lowest BCUT2D eigenvalue weighted by atomic mass is 10.1. The number of rotatable bonds is 5. The molecule has 1 fully saturated rings. The average molecular weight is 352 g/mol. The zero-order valence-corrected chi connectivity index (χ0v) is 14.3. The van der Waals surface area contributed by atoms with Gasteiger partial charge in [-0.1, -0.05) is 36.4 Å². The topological polar surface area (TPSA) is 67.9 Å². The highest BCUT2D eigenvalue weighted by Gasteiger charge is 2.35. The fourth-order valence-corrected chi connectivity index (χ4v) is 3.34. The summed E-state index contributed by atoms with van der Waals surface area (Å²) in [5.41, 5.74) is 1.96. The SMILES string of the molecule is O=C(NCc1ccc2c(c1)OCO2)C1CCC(=O)N1Cc1ccccc1. The number of likely N-dealkylation sites (tertiary alicyclic amines) is 1. The largest absolute Gasteiger partial charge is 0.454 e. The lowest BCUT2D eigenvalue weighted by Crippen LogP contribution is -2.44. The van der Waals surface area contributed by atoms with Gasteiger partial charge in [0.2, 0.25) is 18.6 Å². The number of hydrogen-bond acceptors (Lipinski definition) is 4. The second-order valence-electron chi connectivity index (χ2n) is 6.47. The van der Waals surface area contributed by atoms with Crippen LogP contribution in [0.5, 0.6) is 11.5 Å². The summed E-state index contributed by atoms with van der Waals surface area (Å²) in [5, 5.41) is 2.94. The van der Waals surface area contributed by atoms with Gasteiger partial charge in [0, 0.05) is 19.5 Å². The molecule has 4 rings (SSSR count). The van der Waals surface area contributed by atoms with E-state index in [4.69, 9.17) is 9.47 Å². The van der Waals surface area contributed by atoms with Crippen molar-refractivity contribution in [2.45, 2.75) is 32.0 Å². The molecule has 1 N–H and O–H groups in total. The molecule has 2 aliphatic heterocycles. The van der Waals surface area contributed by atoms with Gasteiger partial charge in [-0.25, -0.2) is 0 Å². The summed E-state index contributed by atoms with van der Waals surface area (Å²) in [5.74, 6) is 1.32. The third-order valence-corrected chi connectivity index (χ3v) is 4.73. The zero-order valence-electron chi connectivity index (χ0n) is 14.3. The van der Waals surface area contributed by atoms with Gasteiger partial charge >= 0.3 is 0 Å². The number of fused-ring (bicyclic) bond motifs is 1. The van der Waals surface area contributed by atoms with Gasteiger partial charge in [-0.3, -0.25) is 9.59 Å². The van der Waals surface area contributed by atoms with E-state index in [2.05, 4.69) is 5.32 Å². The smallest absolute Gasteiger partial charge is 0.243 e. The van der Waals surface area contributed by atoms with Gasteiger partial charge in [0.15, 0.2) is 11.5 Å². The summed E-state index contributed by atoms with van der Waals surface area (Å²) in [6, 6.07) is 14.9. The molecule has 2 aromatic rings. The molecule has 0 saturated carbocycles. The summed E-state index contributed by atoms with van der Waals surface area (Å²) in [6.45, 7) is 1.07. The fourth-order valence-electron chi connectivity index (χ4n) is 3.34. The van der Waals surface area contributed by atoms with Crippen molar-refractivity contribution in [3.8, 4) is 11.5 Å². The molecule has 0 aliphatic carbocycles. The van der Waals surface area contributed by atoms with E-state index in [0.717, 1.165) is 16.9 Å². The highest BCUT2D eigenvalue weighted by molar-refractivity contribution is 5.90. The van der Waals surface area contributed by atoms with Crippen LogP contribution in [0.15, 0.2) is 48.5 Å². The number of ether oxygens (including phenoxy) is 2. The Morgan fingerprint density at radius 3 is 2.73 bits per heavy atom. The summed E-state index contributed by atoms with van der Waals surface area (Å²) in [7, 11) is 0. The molecule has 1 atom stereocenters. The Hall–Kier alpha value is -3.02. The summed E-state index contributed by atoms with van der Waals surface area (Å²) >= 11 is 0. The van der Waals surface area contributed by atoms with Gasteiger partial charge in [0.1, 0.15) is 6.04 Å². The molecule has 26 heavy (non-hydrogen) atoms. The van der Waals surface area contributed by atoms with E-state index in [0.29, 0.717) is 31.7 Å². The second-order valence-corrected chi connectivity index (χ2v) is 6.47. The van der Waals surface area contributed by atoms with Crippen LogP contribution in [-0.2, 0) is 22.7 Å². The van der Waals surface area contributed by atoms with E-state index < -0.39 is 6.04 Å². The minimum Gasteiger partial charge on any atom is -0.454 e. The number of carbonyl (C=O) groups is 2. The molecule has 6 nitrogen and oxygen atoms in total. The van der Waals surface area contributed by atoms with Crippen LogP contribution in [0.3, 0.4) is 0 Å². The number of nitrogens with zero attached hydrogens (tertiary/aromatic N) is 1. The van der Waals surface area contributed by atoms with E-state index in [1.165, 1.54) is 0 Å². The summed E-state index contributed by atoms with van der Waals surface area (Å²) in [4.78, 5) is 26.5. The molecular formula is C20H20N2O4. The van der Waals surface area contributed by atoms with E-state index in [1.807, 2.05) is 48.5 Å². The second kappa shape index (κ2) is 7.07. The van der Waals surface area contributed by atoms with Crippen LogP contribution in [0.25, 0.3) is 0 Å². The highest BCUT2D eigenvalue weighted by atomic mass is 16.7. The van der Waals surface area contributed by atoms with Gasteiger partial charge in [-0.2, -0.15) is 0 Å². The minimum absolute atomic E-state index is 0.0251. The molecule has 0 spiro atoms. The first-order chi connectivity index (χ1) is 12.7. The standard InChI is InChI=1S/C20H20N2O4/c23-19-9-7-16(22(19)12-14-4-2-1-3-5-14)20(24)21-11-15-6-8-17-18(10-15)26-13-25-17/h1-6,8,10,16H,7,9,11-13H2,(H,21,24). The maximum atomic E-state index is 12.6. The normalized spacial score (nSPS) is 18.2. The lowest BCUT2D eigenvalue weighted by Gasteiger charge is -2.24. The van der Waals surface area contributed by atoms with Gasteiger partial charge in [-0.05, 0) is 29.7 Å². The van der Waals surface area contributed by atoms with Crippen LogP contribution in [0, 0.1) is 0 Å². The van der Waals surface area contributed by atoms with Crippen molar-refractivity contribution < 1.29 is 19.1 Å². The summed E-state index contributed by atoms with van der Waals surface area (Å²) in [6.07, 6.45) is 0.966. The third-order valence-electron chi connectivity index (χ3n) is 4.73. The van der Waals surface area contributed by atoms with Crippen molar-refractivity contribution in [1.29, 1.82) is 0 Å². The van der Waals surface area contributed by atoms with Crippen molar-refractivity contribution in [2.24, 2.45) is 0 Å². The van der Waals surface area contributed by atoms with Gasteiger partial charge in [0.05, 0.1) is 0 Å². The van der Waals surface area contributed by atoms with Crippen LogP contribution in [0.4, 0.5) is 0 Å². The molecule has 1 saturated heterocycles. The van der Waals surface area contributed by atoms with E-state index in [1.54, 1.807) is 4.90 Å². The maximum Gasteiger partial charge on any atom is 0.243 e. The molecule has 0 radical (unpaired) electrons. The number of benzene rings is 2. The number of nitrogens with one attached hydrogen (secondary N) is 1. The van der Waals surface area contributed by atoms with E-state index in [9.17, 15) is 9.59 Å². The molecule has 2 aromatic carbocycles. The van der Waals surface area contributed by atoms with Gasteiger partial charge in [0.25, 0.3) is 0 Å². The Bertz CT molecular complexity index is 822. The van der Waals surface area contributed by atoms with Crippen LogP contribution in [-0.4, -0.2) is 29.5 Å². The molecule has 2 aliphatic rings. The lowest BCUT2D eigenvalue weighted by molar-refractivity contribution is -0.135. The molecule has 0 bridgehead atoms. The first-order valence-corrected chi connectivity index (χ1v) is 8.70. The zero-order chi connectivity index (χ0) is 17.9. The maximum absolute atomic E-state index is 12.6. The third kappa shape index (κ3) is 3.35. The molecule has 6 heteroatoms. The Morgan fingerprint density at radius 1 is 1.08 bits per heavy atom. The Labute approximate surface area is 151 Å². The molecular weight excluding hydrogens is 332 g/mol.